The van der Waals surface area contributed by atoms with Crippen molar-refractivity contribution >= 4 is 46.4 Å². The largest absolute Gasteiger partial charge is 0.325 e. The molecule has 31 heavy (non-hydrogen) atoms. The Labute approximate surface area is 184 Å². The van der Waals surface area contributed by atoms with Crippen LogP contribution in [0.25, 0.3) is 0 Å². The lowest BCUT2D eigenvalue weighted by atomic mass is 10.1. The van der Waals surface area contributed by atoms with Crippen LogP contribution in [0.3, 0.4) is 0 Å². The molecule has 1 heterocycles. The van der Waals surface area contributed by atoms with E-state index in [0.717, 1.165) is 5.69 Å². The van der Waals surface area contributed by atoms with Crippen LogP contribution in [0.5, 0.6) is 0 Å². The molecule has 0 bridgehead atoms. The molecule has 4 rings (SSSR count). The lowest BCUT2D eigenvalue weighted by Crippen LogP contribution is -2.28. The van der Waals surface area contributed by atoms with Gasteiger partial charge < -0.3 is 15.5 Å². The summed E-state index contributed by atoms with van der Waals surface area (Å²) in [7, 11) is 0. The third kappa shape index (κ3) is 4.59. The lowest BCUT2D eigenvalue weighted by Gasteiger charge is -2.17. The van der Waals surface area contributed by atoms with Gasteiger partial charge in [-0.15, -0.1) is 0 Å². The first kappa shape index (κ1) is 20.6. The highest BCUT2D eigenvalue weighted by Gasteiger charge is 2.35. The normalized spacial score (nSPS) is 15.6. The number of carbonyl (C=O) groups is 3. The smallest absolute Gasteiger partial charge is 0.257 e. The van der Waals surface area contributed by atoms with E-state index in [4.69, 9.17) is 11.6 Å². The molecule has 0 aliphatic carbocycles. The standard InChI is InChI=1S/C24H20ClN3O3/c25-19-11-5-7-13-21(19)27-24(31)18-10-4-6-12-20(18)26-23(30)16-14-22(29)28(15-16)17-8-2-1-3-9-17/h1-13,16H,14-15H2,(H,26,30)(H,27,31)/t16-/m1/s1. The summed E-state index contributed by atoms with van der Waals surface area (Å²) in [4.78, 5) is 39.7. The molecular formula is C24H20ClN3O3. The zero-order valence-corrected chi connectivity index (χ0v) is 17.3. The van der Waals surface area contributed by atoms with Gasteiger partial charge in [-0.1, -0.05) is 54.1 Å². The van der Waals surface area contributed by atoms with E-state index in [0.29, 0.717) is 28.5 Å². The maximum atomic E-state index is 12.9. The van der Waals surface area contributed by atoms with Crippen LogP contribution in [-0.4, -0.2) is 24.3 Å². The van der Waals surface area contributed by atoms with Gasteiger partial charge in [0.25, 0.3) is 5.91 Å². The molecule has 2 N–H and O–H groups in total. The Balaban J connectivity index is 1.48. The van der Waals surface area contributed by atoms with E-state index in [1.165, 1.54) is 0 Å². The summed E-state index contributed by atoms with van der Waals surface area (Å²) in [5.74, 6) is -1.30. The Morgan fingerprint density at radius 2 is 1.48 bits per heavy atom. The van der Waals surface area contributed by atoms with Gasteiger partial charge in [-0.25, -0.2) is 0 Å². The summed E-state index contributed by atoms with van der Waals surface area (Å²) >= 11 is 6.12. The number of nitrogens with one attached hydrogen (secondary N) is 2. The minimum Gasteiger partial charge on any atom is -0.325 e. The zero-order chi connectivity index (χ0) is 21.8. The molecule has 1 aliphatic rings. The Bertz CT molecular complexity index is 1130. The van der Waals surface area contributed by atoms with Crippen molar-refractivity contribution in [3.05, 3.63) is 89.4 Å². The monoisotopic (exact) mass is 433 g/mol. The Morgan fingerprint density at radius 1 is 0.839 bits per heavy atom. The van der Waals surface area contributed by atoms with Crippen molar-refractivity contribution in [2.75, 3.05) is 22.1 Å². The van der Waals surface area contributed by atoms with Gasteiger partial charge in [-0.3, -0.25) is 14.4 Å². The highest BCUT2D eigenvalue weighted by atomic mass is 35.5. The van der Waals surface area contributed by atoms with Crippen LogP contribution >= 0.6 is 11.6 Å². The van der Waals surface area contributed by atoms with Crippen molar-refractivity contribution in [3.63, 3.8) is 0 Å². The van der Waals surface area contributed by atoms with E-state index in [1.54, 1.807) is 53.4 Å². The van der Waals surface area contributed by atoms with E-state index in [2.05, 4.69) is 10.6 Å². The van der Waals surface area contributed by atoms with E-state index >= 15 is 0 Å². The third-order valence-corrected chi connectivity index (χ3v) is 5.44. The third-order valence-electron chi connectivity index (χ3n) is 5.12. The number of rotatable bonds is 5. The molecule has 1 atom stereocenters. The molecule has 6 nitrogen and oxygen atoms in total. The quantitative estimate of drug-likeness (QED) is 0.618. The predicted octanol–water partition coefficient (Wildman–Crippen LogP) is 4.58. The second-order valence-electron chi connectivity index (χ2n) is 7.21. The van der Waals surface area contributed by atoms with Gasteiger partial charge >= 0.3 is 0 Å². The highest BCUT2D eigenvalue weighted by Crippen LogP contribution is 2.27. The molecule has 0 spiro atoms. The summed E-state index contributed by atoms with van der Waals surface area (Å²) in [6, 6.07) is 22.9. The molecule has 3 aromatic rings. The number of hydrogen-bond donors (Lipinski definition) is 2. The maximum absolute atomic E-state index is 12.9. The molecule has 0 saturated carbocycles. The van der Waals surface area contributed by atoms with Crippen LogP contribution in [0.1, 0.15) is 16.8 Å². The fourth-order valence-electron chi connectivity index (χ4n) is 3.52. The minimum atomic E-state index is -0.507. The molecule has 3 aromatic carbocycles. The molecule has 0 aromatic heterocycles. The van der Waals surface area contributed by atoms with Crippen LogP contribution in [0.4, 0.5) is 17.1 Å². The van der Waals surface area contributed by atoms with Gasteiger partial charge in [0.05, 0.1) is 27.9 Å². The van der Waals surface area contributed by atoms with Gasteiger partial charge in [0.2, 0.25) is 11.8 Å². The number of amides is 3. The van der Waals surface area contributed by atoms with Crippen molar-refractivity contribution in [2.24, 2.45) is 5.92 Å². The number of anilines is 3. The summed E-state index contributed by atoms with van der Waals surface area (Å²) in [6.45, 7) is 0.294. The van der Waals surface area contributed by atoms with Gasteiger partial charge in [0.15, 0.2) is 0 Å². The fraction of sp³-hybridized carbons (Fsp3) is 0.125. The van der Waals surface area contributed by atoms with E-state index in [1.807, 2.05) is 30.3 Å². The molecule has 1 saturated heterocycles. The highest BCUT2D eigenvalue weighted by molar-refractivity contribution is 6.34. The number of para-hydroxylation sites is 3. The summed E-state index contributed by atoms with van der Waals surface area (Å²) in [5.41, 5.74) is 1.93. The fourth-order valence-corrected chi connectivity index (χ4v) is 3.70. The van der Waals surface area contributed by atoms with E-state index in [9.17, 15) is 14.4 Å². The zero-order valence-electron chi connectivity index (χ0n) is 16.5. The van der Waals surface area contributed by atoms with Crippen molar-refractivity contribution < 1.29 is 14.4 Å². The van der Waals surface area contributed by atoms with Gasteiger partial charge in [-0.2, -0.15) is 0 Å². The van der Waals surface area contributed by atoms with Crippen LogP contribution in [0.15, 0.2) is 78.9 Å². The molecule has 3 amide bonds. The van der Waals surface area contributed by atoms with Gasteiger partial charge in [0, 0.05) is 18.7 Å². The summed E-state index contributed by atoms with van der Waals surface area (Å²) in [6.07, 6.45) is 0.120. The van der Waals surface area contributed by atoms with Crippen molar-refractivity contribution in [1.29, 1.82) is 0 Å². The van der Waals surface area contributed by atoms with Gasteiger partial charge in [-0.05, 0) is 36.4 Å². The number of halogens is 1. The Hall–Kier alpha value is -3.64. The molecule has 0 unspecified atom stereocenters. The van der Waals surface area contributed by atoms with E-state index < -0.39 is 11.8 Å². The average molecular weight is 434 g/mol. The van der Waals surface area contributed by atoms with Crippen LogP contribution in [0, 0.1) is 5.92 Å². The average Bonchev–Trinajstić information content (AvgIpc) is 3.18. The second kappa shape index (κ2) is 9.02. The molecule has 1 fully saturated rings. The Kier molecular flexibility index (Phi) is 6.00. The molecular weight excluding hydrogens is 414 g/mol. The maximum Gasteiger partial charge on any atom is 0.257 e. The second-order valence-corrected chi connectivity index (χ2v) is 7.62. The topological polar surface area (TPSA) is 78.5 Å². The van der Waals surface area contributed by atoms with Crippen molar-refractivity contribution in [1.82, 2.24) is 0 Å². The first-order chi connectivity index (χ1) is 15.0. The first-order valence-corrected chi connectivity index (χ1v) is 10.2. The van der Waals surface area contributed by atoms with E-state index in [-0.39, 0.29) is 18.2 Å². The Morgan fingerprint density at radius 3 is 2.23 bits per heavy atom. The number of nitrogens with zero attached hydrogens (tertiary/aromatic N) is 1. The summed E-state index contributed by atoms with van der Waals surface area (Å²) < 4.78 is 0. The molecule has 156 valence electrons. The van der Waals surface area contributed by atoms with Crippen molar-refractivity contribution in [2.45, 2.75) is 6.42 Å². The number of carbonyl (C=O) groups excluding carboxylic acids is 3. The van der Waals surface area contributed by atoms with Crippen LogP contribution in [0.2, 0.25) is 5.02 Å². The number of hydrogen-bond acceptors (Lipinski definition) is 3. The van der Waals surface area contributed by atoms with Crippen molar-refractivity contribution in [3.8, 4) is 0 Å². The molecule has 1 aliphatic heterocycles. The molecule has 7 heteroatoms. The van der Waals surface area contributed by atoms with Crippen LogP contribution < -0.4 is 15.5 Å². The van der Waals surface area contributed by atoms with Crippen LogP contribution in [-0.2, 0) is 9.59 Å². The minimum absolute atomic E-state index is 0.101. The first-order valence-electron chi connectivity index (χ1n) is 9.84. The SMILES string of the molecule is O=C(Nc1ccccc1Cl)c1ccccc1NC(=O)[C@@H]1CC(=O)N(c2ccccc2)C1. The predicted molar refractivity (Wildman–Crippen MR) is 121 cm³/mol. The number of benzene rings is 3. The van der Waals surface area contributed by atoms with Gasteiger partial charge in [0.1, 0.15) is 0 Å². The molecule has 0 radical (unpaired) electrons. The lowest BCUT2D eigenvalue weighted by molar-refractivity contribution is -0.122. The summed E-state index contributed by atoms with van der Waals surface area (Å²) in [5, 5.41) is 5.99.